The van der Waals surface area contributed by atoms with E-state index in [1.165, 1.54) is 18.6 Å². The molecular weight excluding hydrogens is 241 g/mol. The Morgan fingerprint density at radius 2 is 2.05 bits per heavy atom. The third-order valence-corrected chi connectivity index (χ3v) is 5.01. The molecule has 4 atom stereocenters. The summed E-state index contributed by atoms with van der Waals surface area (Å²) < 4.78 is 19.6. The zero-order valence-corrected chi connectivity index (χ0v) is 11.7. The van der Waals surface area contributed by atoms with E-state index >= 15 is 0 Å². The first-order valence-corrected chi connectivity index (χ1v) is 7.23. The molecule has 1 aromatic carbocycles. The van der Waals surface area contributed by atoms with Gasteiger partial charge in [-0.15, -0.1) is 0 Å². The fourth-order valence-electron chi connectivity index (χ4n) is 3.63. The maximum atomic E-state index is 13.4. The van der Waals surface area contributed by atoms with Crippen LogP contribution in [0.15, 0.2) is 18.2 Å². The van der Waals surface area contributed by atoms with Gasteiger partial charge in [-0.2, -0.15) is 0 Å². The molecule has 19 heavy (non-hydrogen) atoms. The minimum absolute atomic E-state index is 0.0371. The van der Waals surface area contributed by atoms with Crippen molar-refractivity contribution < 1.29 is 9.13 Å². The fraction of sp³-hybridized carbons (Fsp3) is 0.625. The average Bonchev–Trinajstić information content (AvgIpc) is 2.34. The molecule has 3 heteroatoms. The number of benzene rings is 1. The van der Waals surface area contributed by atoms with Crippen molar-refractivity contribution >= 4 is 0 Å². The predicted molar refractivity (Wildman–Crippen MR) is 73.5 cm³/mol. The molecule has 2 N–H and O–H groups in total. The Bertz CT molecular complexity index is 490. The van der Waals surface area contributed by atoms with Gasteiger partial charge in [-0.25, -0.2) is 4.39 Å². The molecular formula is C16H22FNO. The third kappa shape index (κ3) is 2.25. The number of nitrogens with two attached hydrogens (primary N) is 1. The normalized spacial score (nSPS) is 37.8. The van der Waals surface area contributed by atoms with E-state index in [9.17, 15) is 4.39 Å². The van der Waals surface area contributed by atoms with Gasteiger partial charge in [-0.3, -0.25) is 0 Å². The summed E-state index contributed by atoms with van der Waals surface area (Å²) in [6, 6.07) is 4.67. The number of fused-ring (bicyclic) bond motifs is 1. The van der Waals surface area contributed by atoms with Gasteiger partial charge in [0.25, 0.3) is 0 Å². The fourth-order valence-corrected chi connectivity index (χ4v) is 3.63. The van der Waals surface area contributed by atoms with Gasteiger partial charge < -0.3 is 10.5 Å². The molecule has 2 aliphatic rings. The molecule has 0 saturated heterocycles. The van der Waals surface area contributed by atoms with Gasteiger partial charge in [-0.05, 0) is 37.2 Å². The van der Waals surface area contributed by atoms with Crippen molar-refractivity contribution in [2.45, 2.75) is 51.2 Å². The Labute approximate surface area is 114 Å². The summed E-state index contributed by atoms with van der Waals surface area (Å²) in [5, 5.41) is 0. The van der Waals surface area contributed by atoms with Crippen LogP contribution in [0.2, 0.25) is 0 Å². The summed E-state index contributed by atoms with van der Waals surface area (Å²) in [4.78, 5) is 0. The number of hydrogen-bond donors (Lipinski definition) is 1. The van der Waals surface area contributed by atoms with Gasteiger partial charge in [-0.1, -0.05) is 19.9 Å². The number of hydrogen-bond acceptors (Lipinski definition) is 2. The van der Waals surface area contributed by atoms with Crippen LogP contribution in [0.4, 0.5) is 4.39 Å². The van der Waals surface area contributed by atoms with E-state index in [1.807, 2.05) is 0 Å². The summed E-state index contributed by atoms with van der Waals surface area (Å²) in [7, 11) is 0. The van der Waals surface area contributed by atoms with Gasteiger partial charge in [0.05, 0.1) is 0 Å². The lowest BCUT2D eigenvalue weighted by atomic mass is 9.69. The lowest BCUT2D eigenvalue weighted by Crippen LogP contribution is -2.47. The quantitative estimate of drug-likeness (QED) is 0.772. The molecule has 0 radical (unpaired) electrons. The highest BCUT2D eigenvalue weighted by atomic mass is 19.1. The second-order valence-electron chi connectivity index (χ2n) is 6.48. The van der Waals surface area contributed by atoms with Crippen LogP contribution in [0, 0.1) is 17.7 Å². The molecule has 1 saturated carbocycles. The average molecular weight is 263 g/mol. The van der Waals surface area contributed by atoms with E-state index in [0.29, 0.717) is 11.7 Å². The van der Waals surface area contributed by atoms with Gasteiger partial charge in [0.2, 0.25) is 0 Å². The van der Waals surface area contributed by atoms with Crippen LogP contribution in [0.25, 0.3) is 0 Å². The highest BCUT2D eigenvalue weighted by Gasteiger charge is 2.44. The van der Waals surface area contributed by atoms with Crippen LogP contribution in [0.5, 0.6) is 5.75 Å². The molecule has 3 rings (SSSR count). The van der Waals surface area contributed by atoms with Crippen molar-refractivity contribution in [3.63, 3.8) is 0 Å². The van der Waals surface area contributed by atoms with Crippen LogP contribution in [0.1, 0.15) is 51.1 Å². The Morgan fingerprint density at radius 1 is 1.26 bits per heavy atom. The Balaban J connectivity index is 1.91. The molecule has 1 aromatic rings. The summed E-state index contributed by atoms with van der Waals surface area (Å²) in [6.45, 7) is 4.58. The van der Waals surface area contributed by atoms with Crippen molar-refractivity contribution in [1.29, 1.82) is 0 Å². The van der Waals surface area contributed by atoms with Crippen LogP contribution in [-0.2, 0) is 0 Å². The number of halogens is 1. The van der Waals surface area contributed by atoms with E-state index < -0.39 is 0 Å². The molecule has 104 valence electrons. The standard InChI is InChI=1S/C16H22FNO/c1-10-5-6-16(8-11(10)2)9-14(18)13-4-3-12(17)7-15(13)19-16/h3-4,7,10-11,14H,5-6,8-9,18H2,1-2H3. The highest BCUT2D eigenvalue weighted by molar-refractivity contribution is 5.39. The monoisotopic (exact) mass is 263 g/mol. The molecule has 1 spiro atoms. The van der Waals surface area contributed by atoms with Gasteiger partial charge in [0, 0.05) is 24.1 Å². The molecule has 0 aromatic heterocycles. The van der Waals surface area contributed by atoms with Crippen LogP contribution in [0.3, 0.4) is 0 Å². The summed E-state index contributed by atoms with van der Waals surface area (Å²) in [5.74, 6) is 1.77. The number of ether oxygens (including phenoxy) is 1. The summed E-state index contributed by atoms with van der Waals surface area (Å²) >= 11 is 0. The second-order valence-corrected chi connectivity index (χ2v) is 6.48. The van der Waals surface area contributed by atoms with Gasteiger partial charge in [0.15, 0.2) is 0 Å². The maximum Gasteiger partial charge on any atom is 0.127 e. The van der Waals surface area contributed by atoms with Crippen LogP contribution in [-0.4, -0.2) is 5.60 Å². The topological polar surface area (TPSA) is 35.2 Å². The van der Waals surface area contributed by atoms with E-state index in [4.69, 9.17) is 10.5 Å². The highest BCUT2D eigenvalue weighted by Crippen LogP contribution is 2.48. The van der Waals surface area contributed by atoms with Gasteiger partial charge in [0.1, 0.15) is 17.2 Å². The SMILES string of the molecule is CC1CCC2(CC(N)c3ccc(F)cc3O2)CC1C. The minimum Gasteiger partial charge on any atom is -0.487 e. The molecule has 1 aliphatic heterocycles. The van der Waals surface area contributed by atoms with Crippen molar-refractivity contribution in [2.75, 3.05) is 0 Å². The van der Waals surface area contributed by atoms with Crippen molar-refractivity contribution in [1.82, 2.24) is 0 Å². The van der Waals surface area contributed by atoms with Crippen LogP contribution < -0.4 is 10.5 Å². The molecule has 4 unspecified atom stereocenters. The zero-order chi connectivity index (χ0) is 13.6. The predicted octanol–water partition coefficient (Wildman–Crippen LogP) is 3.80. The maximum absolute atomic E-state index is 13.4. The first-order valence-electron chi connectivity index (χ1n) is 7.23. The lowest BCUT2D eigenvalue weighted by Gasteiger charge is -2.47. The van der Waals surface area contributed by atoms with Gasteiger partial charge >= 0.3 is 0 Å². The largest absolute Gasteiger partial charge is 0.487 e. The first-order chi connectivity index (χ1) is 8.99. The Kier molecular flexibility index (Phi) is 3.05. The Hall–Kier alpha value is -1.09. The van der Waals surface area contributed by atoms with E-state index in [-0.39, 0.29) is 17.5 Å². The molecule has 2 nitrogen and oxygen atoms in total. The molecule has 0 amide bonds. The third-order valence-electron chi connectivity index (χ3n) is 5.01. The first kappa shape index (κ1) is 12.9. The zero-order valence-electron chi connectivity index (χ0n) is 11.7. The molecule has 1 aliphatic carbocycles. The van der Waals surface area contributed by atoms with Crippen LogP contribution >= 0.6 is 0 Å². The van der Waals surface area contributed by atoms with E-state index in [0.717, 1.165) is 30.7 Å². The smallest absolute Gasteiger partial charge is 0.127 e. The van der Waals surface area contributed by atoms with Crippen molar-refractivity contribution in [2.24, 2.45) is 17.6 Å². The number of rotatable bonds is 0. The van der Waals surface area contributed by atoms with Crippen molar-refractivity contribution in [3.8, 4) is 5.75 Å². The van der Waals surface area contributed by atoms with E-state index in [2.05, 4.69) is 13.8 Å². The molecule has 0 bridgehead atoms. The Morgan fingerprint density at radius 3 is 2.79 bits per heavy atom. The molecule has 1 fully saturated rings. The van der Waals surface area contributed by atoms with Crippen molar-refractivity contribution in [3.05, 3.63) is 29.6 Å². The summed E-state index contributed by atoms with van der Waals surface area (Å²) in [5.41, 5.74) is 7.05. The minimum atomic E-state index is -0.250. The summed E-state index contributed by atoms with van der Waals surface area (Å²) in [6.07, 6.45) is 4.07. The van der Waals surface area contributed by atoms with E-state index in [1.54, 1.807) is 6.07 Å². The second kappa shape index (κ2) is 4.48. The lowest BCUT2D eigenvalue weighted by molar-refractivity contribution is -0.0289. The molecule has 1 heterocycles.